The lowest BCUT2D eigenvalue weighted by atomic mass is 9.90. The van der Waals surface area contributed by atoms with Crippen molar-refractivity contribution < 1.29 is 14.3 Å². The van der Waals surface area contributed by atoms with Gasteiger partial charge in [-0.05, 0) is 19.3 Å². The molecule has 0 aromatic carbocycles. The van der Waals surface area contributed by atoms with Crippen molar-refractivity contribution in [2.75, 3.05) is 26.9 Å². The van der Waals surface area contributed by atoms with Gasteiger partial charge in [0.05, 0.1) is 18.2 Å². The topological polar surface area (TPSA) is 73.6 Å². The third-order valence-electron chi connectivity index (χ3n) is 3.03. The Kier molecular flexibility index (Phi) is 5.18. The van der Waals surface area contributed by atoms with Gasteiger partial charge >= 0.3 is 0 Å². The largest absolute Gasteiger partial charge is 0.383 e. The van der Waals surface area contributed by atoms with Crippen molar-refractivity contribution in [1.29, 1.82) is 0 Å². The zero-order chi connectivity index (χ0) is 12.0. The van der Waals surface area contributed by atoms with Crippen LogP contribution in [0.3, 0.4) is 0 Å². The van der Waals surface area contributed by atoms with Crippen molar-refractivity contribution in [2.45, 2.75) is 37.8 Å². The molecule has 1 fully saturated rings. The van der Waals surface area contributed by atoms with Gasteiger partial charge < -0.3 is 20.5 Å². The number of amides is 1. The van der Waals surface area contributed by atoms with E-state index in [2.05, 4.69) is 5.32 Å². The molecular formula is C11H22N2O3. The van der Waals surface area contributed by atoms with Gasteiger partial charge in [-0.2, -0.15) is 0 Å². The van der Waals surface area contributed by atoms with Gasteiger partial charge in [0, 0.05) is 20.3 Å². The maximum absolute atomic E-state index is 12.0. The molecular weight excluding hydrogens is 208 g/mol. The van der Waals surface area contributed by atoms with E-state index >= 15 is 0 Å². The molecule has 1 amide bonds. The SMILES string of the molecule is CCC(COC)NC(=O)C1(N)CCOCC1. The summed E-state index contributed by atoms with van der Waals surface area (Å²) in [5, 5.41) is 2.93. The summed E-state index contributed by atoms with van der Waals surface area (Å²) in [4.78, 5) is 12.0. The minimum atomic E-state index is -0.764. The molecule has 16 heavy (non-hydrogen) atoms. The normalized spacial score (nSPS) is 21.4. The van der Waals surface area contributed by atoms with Gasteiger partial charge in [0.1, 0.15) is 0 Å². The number of nitrogens with two attached hydrogens (primary N) is 1. The van der Waals surface area contributed by atoms with E-state index in [1.54, 1.807) is 7.11 Å². The first kappa shape index (κ1) is 13.4. The molecule has 3 N–H and O–H groups in total. The van der Waals surface area contributed by atoms with Gasteiger partial charge in [-0.1, -0.05) is 6.92 Å². The molecule has 0 saturated carbocycles. The molecule has 5 heteroatoms. The Labute approximate surface area is 96.7 Å². The van der Waals surface area contributed by atoms with Crippen molar-refractivity contribution in [3.63, 3.8) is 0 Å². The van der Waals surface area contributed by atoms with E-state index in [1.807, 2.05) is 6.92 Å². The molecule has 94 valence electrons. The van der Waals surface area contributed by atoms with Gasteiger partial charge in [0.25, 0.3) is 0 Å². The van der Waals surface area contributed by atoms with Gasteiger partial charge in [-0.3, -0.25) is 4.79 Å². The van der Waals surface area contributed by atoms with Gasteiger partial charge in [0.2, 0.25) is 5.91 Å². The Morgan fingerprint density at radius 1 is 1.56 bits per heavy atom. The number of carbonyl (C=O) groups excluding carboxylic acids is 1. The lowest BCUT2D eigenvalue weighted by Gasteiger charge is -2.33. The zero-order valence-corrected chi connectivity index (χ0v) is 10.1. The van der Waals surface area contributed by atoms with Crippen LogP contribution in [0, 0.1) is 0 Å². The van der Waals surface area contributed by atoms with Crippen LogP contribution in [0.5, 0.6) is 0 Å². The molecule has 1 aliphatic heterocycles. The fraction of sp³-hybridized carbons (Fsp3) is 0.909. The monoisotopic (exact) mass is 230 g/mol. The molecule has 0 aliphatic carbocycles. The van der Waals surface area contributed by atoms with Crippen LogP contribution in [-0.4, -0.2) is 44.4 Å². The average Bonchev–Trinajstić information content (AvgIpc) is 2.29. The number of ether oxygens (including phenoxy) is 2. The van der Waals surface area contributed by atoms with Gasteiger partial charge in [-0.15, -0.1) is 0 Å². The fourth-order valence-electron chi connectivity index (χ4n) is 1.75. The maximum Gasteiger partial charge on any atom is 0.240 e. The molecule has 1 heterocycles. The third-order valence-corrected chi connectivity index (χ3v) is 3.03. The van der Waals surface area contributed by atoms with E-state index in [0.717, 1.165) is 6.42 Å². The standard InChI is InChI=1S/C11H22N2O3/c1-3-9(8-15-2)13-10(14)11(12)4-6-16-7-5-11/h9H,3-8,12H2,1-2H3,(H,13,14). The first-order chi connectivity index (χ1) is 7.62. The van der Waals surface area contributed by atoms with Crippen LogP contribution in [0.25, 0.3) is 0 Å². The molecule has 0 radical (unpaired) electrons. The van der Waals surface area contributed by atoms with E-state index in [-0.39, 0.29) is 11.9 Å². The van der Waals surface area contributed by atoms with Crippen molar-refractivity contribution >= 4 is 5.91 Å². The van der Waals surface area contributed by atoms with E-state index in [4.69, 9.17) is 15.2 Å². The molecule has 1 saturated heterocycles. The molecule has 1 unspecified atom stereocenters. The van der Waals surface area contributed by atoms with Crippen LogP contribution < -0.4 is 11.1 Å². The lowest BCUT2D eigenvalue weighted by Crippen LogP contribution is -2.59. The van der Waals surface area contributed by atoms with Crippen molar-refractivity contribution in [2.24, 2.45) is 5.73 Å². The maximum atomic E-state index is 12.0. The minimum Gasteiger partial charge on any atom is -0.383 e. The van der Waals surface area contributed by atoms with Crippen LogP contribution in [0.2, 0.25) is 0 Å². The summed E-state index contributed by atoms with van der Waals surface area (Å²) in [6.45, 7) is 3.65. The van der Waals surface area contributed by atoms with E-state index in [0.29, 0.717) is 32.7 Å². The Bertz CT molecular complexity index is 227. The summed E-state index contributed by atoms with van der Waals surface area (Å²) in [6.07, 6.45) is 2.01. The van der Waals surface area contributed by atoms with Crippen LogP contribution in [0.4, 0.5) is 0 Å². The number of carbonyl (C=O) groups is 1. The molecule has 5 nitrogen and oxygen atoms in total. The summed E-state index contributed by atoms with van der Waals surface area (Å²) >= 11 is 0. The Balaban J connectivity index is 2.48. The summed E-state index contributed by atoms with van der Waals surface area (Å²) in [6, 6.07) is 0.0424. The third kappa shape index (κ3) is 3.43. The summed E-state index contributed by atoms with van der Waals surface area (Å²) < 4.78 is 10.2. The van der Waals surface area contributed by atoms with E-state index < -0.39 is 5.54 Å². The zero-order valence-electron chi connectivity index (χ0n) is 10.1. The van der Waals surface area contributed by atoms with Crippen LogP contribution in [-0.2, 0) is 14.3 Å². The fourth-order valence-corrected chi connectivity index (χ4v) is 1.75. The average molecular weight is 230 g/mol. The number of nitrogens with one attached hydrogen (secondary N) is 1. The Morgan fingerprint density at radius 2 is 2.19 bits per heavy atom. The quantitative estimate of drug-likeness (QED) is 0.699. The van der Waals surface area contributed by atoms with Crippen LogP contribution in [0.1, 0.15) is 26.2 Å². The number of hydrogen-bond donors (Lipinski definition) is 2. The highest BCUT2D eigenvalue weighted by Gasteiger charge is 2.36. The first-order valence-corrected chi connectivity index (χ1v) is 5.79. The van der Waals surface area contributed by atoms with Gasteiger partial charge in [0.15, 0.2) is 0 Å². The first-order valence-electron chi connectivity index (χ1n) is 5.79. The highest BCUT2D eigenvalue weighted by Crippen LogP contribution is 2.18. The van der Waals surface area contributed by atoms with Crippen molar-refractivity contribution in [1.82, 2.24) is 5.32 Å². The predicted molar refractivity (Wildman–Crippen MR) is 61.1 cm³/mol. The lowest BCUT2D eigenvalue weighted by molar-refractivity contribution is -0.130. The summed E-state index contributed by atoms with van der Waals surface area (Å²) in [5.41, 5.74) is 5.30. The van der Waals surface area contributed by atoms with Crippen LogP contribution in [0.15, 0.2) is 0 Å². The second-order valence-corrected chi connectivity index (χ2v) is 4.30. The molecule has 0 aromatic rings. The number of methoxy groups -OCH3 is 1. The Morgan fingerprint density at radius 3 is 2.69 bits per heavy atom. The summed E-state index contributed by atoms with van der Waals surface area (Å²) in [7, 11) is 1.63. The second-order valence-electron chi connectivity index (χ2n) is 4.30. The van der Waals surface area contributed by atoms with Crippen molar-refractivity contribution in [3.8, 4) is 0 Å². The predicted octanol–water partition coefficient (Wildman–Crippen LogP) is 0.0355. The highest BCUT2D eigenvalue weighted by molar-refractivity contribution is 5.86. The minimum absolute atomic E-state index is 0.0424. The van der Waals surface area contributed by atoms with E-state index in [9.17, 15) is 4.79 Å². The smallest absolute Gasteiger partial charge is 0.240 e. The summed E-state index contributed by atoms with van der Waals surface area (Å²) in [5.74, 6) is -0.0836. The molecule has 0 bridgehead atoms. The van der Waals surface area contributed by atoms with E-state index in [1.165, 1.54) is 0 Å². The molecule has 1 rings (SSSR count). The van der Waals surface area contributed by atoms with Crippen LogP contribution >= 0.6 is 0 Å². The Hall–Kier alpha value is -0.650. The van der Waals surface area contributed by atoms with Gasteiger partial charge in [-0.25, -0.2) is 0 Å². The number of rotatable bonds is 5. The second kappa shape index (κ2) is 6.18. The van der Waals surface area contributed by atoms with Crippen molar-refractivity contribution in [3.05, 3.63) is 0 Å². The molecule has 1 atom stereocenters. The molecule has 0 aromatic heterocycles. The molecule has 1 aliphatic rings. The highest BCUT2D eigenvalue weighted by atomic mass is 16.5. The number of hydrogen-bond acceptors (Lipinski definition) is 4. The molecule has 0 spiro atoms.